The molecule has 0 bridgehead atoms. The van der Waals surface area contributed by atoms with Crippen LogP contribution in [0, 0.1) is 0 Å². The summed E-state index contributed by atoms with van der Waals surface area (Å²) in [6.45, 7) is 8.36. The summed E-state index contributed by atoms with van der Waals surface area (Å²) in [4.78, 5) is 4.54. The van der Waals surface area contributed by atoms with Crippen LogP contribution in [0.1, 0.15) is 37.9 Å². The number of nitrogens with zero attached hydrogens (tertiary/aromatic N) is 1. The fraction of sp³-hybridized carbons (Fsp3) is 0.727. The van der Waals surface area contributed by atoms with Crippen LogP contribution in [0.25, 0.3) is 0 Å². The summed E-state index contributed by atoms with van der Waals surface area (Å²) in [6.07, 6.45) is 1.05. The lowest BCUT2D eigenvalue weighted by molar-refractivity contribution is 0.121. The average Bonchev–Trinajstić information content (AvgIpc) is 2.68. The molecule has 0 unspecified atom stereocenters. The fourth-order valence-electron chi connectivity index (χ4n) is 1.10. The van der Waals surface area contributed by atoms with Crippen molar-refractivity contribution in [2.45, 2.75) is 39.2 Å². The van der Waals surface area contributed by atoms with Crippen molar-refractivity contribution in [1.29, 1.82) is 0 Å². The van der Waals surface area contributed by atoms with Gasteiger partial charge in [-0.3, -0.25) is 0 Å². The first-order valence-electron chi connectivity index (χ1n) is 5.33. The van der Waals surface area contributed by atoms with Gasteiger partial charge in [-0.1, -0.05) is 20.8 Å². The van der Waals surface area contributed by atoms with E-state index < -0.39 is 0 Å². The van der Waals surface area contributed by atoms with Crippen molar-refractivity contribution in [2.24, 2.45) is 5.73 Å². The normalized spacial score (nSPS) is 12.0. The van der Waals surface area contributed by atoms with E-state index in [0.717, 1.165) is 23.7 Å². The van der Waals surface area contributed by atoms with Gasteiger partial charge < -0.3 is 10.5 Å². The highest BCUT2D eigenvalue weighted by molar-refractivity contribution is 7.09. The first-order chi connectivity index (χ1) is 7.10. The minimum Gasteiger partial charge on any atom is -0.374 e. The Kier molecular flexibility index (Phi) is 4.70. The molecule has 0 aliphatic carbocycles. The number of aromatic nitrogens is 1. The van der Waals surface area contributed by atoms with E-state index in [2.05, 4.69) is 31.1 Å². The summed E-state index contributed by atoms with van der Waals surface area (Å²) >= 11 is 1.65. The zero-order chi connectivity index (χ0) is 11.3. The van der Waals surface area contributed by atoms with Crippen LogP contribution in [0.5, 0.6) is 0 Å². The van der Waals surface area contributed by atoms with Gasteiger partial charge in [0.1, 0.15) is 5.01 Å². The van der Waals surface area contributed by atoms with Gasteiger partial charge in [0.15, 0.2) is 0 Å². The van der Waals surface area contributed by atoms with Gasteiger partial charge in [0.2, 0.25) is 0 Å². The standard InChI is InChI=1S/C11H20N2OS/c1-4-5-14-6-10-13-9(7-15-10)11(2,3)8-12/h7H,4-6,8,12H2,1-3H3. The maximum Gasteiger partial charge on any atom is 0.119 e. The predicted octanol–water partition coefficient (Wildman–Crippen LogP) is 2.31. The number of hydrogen-bond acceptors (Lipinski definition) is 4. The second kappa shape index (κ2) is 5.58. The van der Waals surface area contributed by atoms with Crippen molar-refractivity contribution in [3.8, 4) is 0 Å². The molecule has 0 amide bonds. The van der Waals surface area contributed by atoms with Crippen LogP contribution in [0.4, 0.5) is 0 Å². The van der Waals surface area contributed by atoms with E-state index in [4.69, 9.17) is 10.5 Å². The summed E-state index contributed by atoms with van der Waals surface area (Å²) in [5, 5.41) is 3.12. The fourth-order valence-corrected chi connectivity index (χ4v) is 2.02. The molecule has 3 nitrogen and oxygen atoms in total. The smallest absolute Gasteiger partial charge is 0.119 e. The van der Waals surface area contributed by atoms with Crippen LogP contribution in [-0.2, 0) is 16.8 Å². The summed E-state index contributed by atoms with van der Waals surface area (Å²) in [5.74, 6) is 0. The van der Waals surface area contributed by atoms with Crippen LogP contribution in [0.2, 0.25) is 0 Å². The number of ether oxygens (including phenoxy) is 1. The van der Waals surface area contributed by atoms with Gasteiger partial charge in [-0.2, -0.15) is 0 Å². The minimum absolute atomic E-state index is 0.0283. The molecule has 1 aromatic heterocycles. The lowest BCUT2D eigenvalue weighted by atomic mass is 9.90. The van der Waals surface area contributed by atoms with Crippen LogP contribution in [0.3, 0.4) is 0 Å². The zero-order valence-corrected chi connectivity index (χ0v) is 10.6. The Morgan fingerprint density at radius 3 is 2.87 bits per heavy atom. The molecule has 0 spiro atoms. The molecule has 0 fully saturated rings. The predicted molar refractivity (Wildman–Crippen MR) is 64.1 cm³/mol. The van der Waals surface area contributed by atoms with Crippen molar-refractivity contribution < 1.29 is 4.74 Å². The number of rotatable bonds is 6. The van der Waals surface area contributed by atoms with Crippen molar-refractivity contribution in [2.75, 3.05) is 13.2 Å². The highest BCUT2D eigenvalue weighted by atomic mass is 32.1. The van der Waals surface area contributed by atoms with Gasteiger partial charge in [0, 0.05) is 23.9 Å². The highest BCUT2D eigenvalue weighted by Gasteiger charge is 2.21. The molecular weight excluding hydrogens is 208 g/mol. The van der Waals surface area contributed by atoms with Crippen LogP contribution < -0.4 is 5.73 Å². The molecule has 4 heteroatoms. The van der Waals surface area contributed by atoms with Gasteiger partial charge >= 0.3 is 0 Å². The maximum atomic E-state index is 5.70. The molecule has 15 heavy (non-hydrogen) atoms. The molecule has 0 saturated heterocycles. The second-order valence-corrected chi connectivity index (χ2v) is 5.21. The van der Waals surface area contributed by atoms with Crippen molar-refractivity contribution >= 4 is 11.3 Å². The topological polar surface area (TPSA) is 48.1 Å². The quantitative estimate of drug-likeness (QED) is 0.760. The molecule has 0 aromatic carbocycles. The first kappa shape index (κ1) is 12.6. The van der Waals surface area contributed by atoms with E-state index in [0.29, 0.717) is 13.2 Å². The van der Waals surface area contributed by atoms with Crippen molar-refractivity contribution in [3.63, 3.8) is 0 Å². The summed E-state index contributed by atoms with van der Waals surface area (Å²) in [7, 11) is 0. The van der Waals surface area contributed by atoms with Crippen LogP contribution in [0.15, 0.2) is 5.38 Å². The van der Waals surface area contributed by atoms with Crippen molar-refractivity contribution in [3.05, 3.63) is 16.1 Å². The monoisotopic (exact) mass is 228 g/mol. The van der Waals surface area contributed by atoms with E-state index in [1.807, 2.05) is 0 Å². The third-order valence-electron chi connectivity index (χ3n) is 2.33. The molecule has 0 radical (unpaired) electrons. The number of hydrogen-bond donors (Lipinski definition) is 1. The Labute approximate surface area is 95.7 Å². The molecule has 1 rings (SSSR count). The SMILES string of the molecule is CCCOCc1nc(C(C)(C)CN)cs1. The lowest BCUT2D eigenvalue weighted by Crippen LogP contribution is -2.28. The third-order valence-corrected chi connectivity index (χ3v) is 3.15. The summed E-state index contributed by atoms with van der Waals surface area (Å²) in [6, 6.07) is 0. The summed E-state index contributed by atoms with van der Waals surface area (Å²) in [5.41, 5.74) is 6.75. The van der Waals surface area contributed by atoms with Gasteiger partial charge in [-0.05, 0) is 6.42 Å². The van der Waals surface area contributed by atoms with E-state index in [-0.39, 0.29) is 5.41 Å². The molecule has 86 valence electrons. The summed E-state index contributed by atoms with van der Waals surface area (Å²) < 4.78 is 5.45. The molecule has 2 N–H and O–H groups in total. The Morgan fingerprint density at radius 1 is 1.53 bits per heavy atom. The van der Waals surface area contributed by atoms with Gasteiger partial charge in [-0.15, -0.1) is 11.3 Å². The lowest BCUT2D eigenvalue weighted by Gasteiger charge is -2.19. The van der Waals surface area contributed by atoms with E-state index >= 15 is 0 Å². The third kappa shape index (κ3) is 3.55. The zero-order valence-electron chi connectivity index (χ0n) is 9.75. The van der Waals surface area contributed by atoms with E-state index in [1.54, 1.807) is 11.3 Å². The van der Waals surface area contributed by atoms with Gasteiger partial charge in [-0.25, -0.2) is 4.98 Å². The molecule has 1 aromatic rings. The van der Waals surface area contributed by atoms with Gasteiger partial charge in [0.05, 0.1) is 12.3 Å². The Bertz CT molecular complexity index is 297. The molecule has 0 atom stereocenters. The maximum absolute atomic E-state index is 5.70. The molecule has 0 aliphatic rings. The molecule has 1 heterocycles. The Morgan fingerprint density at radius 2 is 2.27 bits per heavy atom. The minimum atomic E-state index is -0.0283. The van der Waals surface area contributed by atoms with E-state index in [1.165, 1.54) is 0 Å². The Balaban J connectivity index is 2.56. The number of thiazole rings is 1. The largest absolute Gasteiger partial charge is 0.374 e. The van der Waals surface area contributed by atoms with E-state index in [9.17, 15) is 0 Å². The molecular formula is C11H20N2OS. The molecule has 0 saturated carbocycles. The van der Waals surface area contributed by atoms with Crippen molar-refractivity contribution in [1.82, 2.24) is 4.98 Å². The first-order valence-corrected chi connectivity index (χ1v) is 6.21. The van der Waals surface area contributed by atoms with Crippen LogP contribution >= 0.6 is 11.3 Å². The number of nitrogens with two attached hydrogens (primary N) is 1. The Hall–Kier alpha value is -0.450. The van der Waals surface area contributed by atoms with Gasteiger partial charge in [0.25, 0.3) is 0 Å². The average molecular weight is 228 g/mol. The highest BCUT2D eigenvalue weighted by Crippen LogP contribution is 2.23. The second-order valence-electron chi connectivity index (χ2n) is 4.27. The molecule has 0 aliphatic heterocycles. The van der Waals surface area contributed by atoms with Crippen LogP contribution in [-0.4, -0.2) is 18.1 Å².